The van der Waals surface area contributed by atoms with Gasteiger partial charge < -0.3 is 9.47 Å². The molecule has 1 aliphatic rings. The van der Waals surface area contributed by atoms with Crippen molar-refractivity contribution >= 4 is 12.4 Å². The minimum Gasteiger partial charge on any atom is -0.492 e. The van der Waals surface area contributed by atoms with Crippen molar-refractivity contribution in [3.8, 4) is 5.75 Å². The Labute approximate surface area is 109 Å². The Hall–Kier alpha value is -0.770. The van der Waals surface area contributed by atoms with Gasteiger partial charge in [0.25, 0.3) is 0 Å². The van der Waals surface area contributed by atoms with Gasteiger partial charge in [-0.3, -0.25) is 4.90 Å². The largest absolute Gasteiger partial charge is 0.492 e. The van der Waals surface area contributed by atoms with Crippen molar-refractivity contribution in [2.45, 2.75) is 6.92 Å². The summed E-state index contributed by atoms with van der Waals surface area (Å²) >= 11 is 0. The summed E-state index contributed by atoms with van der Waals surface area (Å²) in [5.41, 5.74) is 1.26. The molecule has 1 aliphatic heterocycles. The topological polar surface area (TPSA) is 21.7 Å². The minimum absolute atomic E-state index is 0. The molecule has 0 atom stereocenters. The molecule has 4 heteroatoms. The summed E-state index contributed by atoms with van der Waals surface area (Å²) in [5, 5.41) is 0. The summed E-state index contributed by atoms with van der Waals surface area (Å²) in [4.78, 5) is 2.37. The molecule has 2 rings (SSSR count). The first-order chi connectivity index (χ1) is 7.84. The number of hydrogen-bond donors (Lipinski definition) is 0. The lowest BCUT2D eigenvalue weighted by Crippen LogP contribution is -2.38. The molecule has 1 heterocycles. The lowest BCUT2D eigenvalue weighted by molar-refractivity contribution is 0.0322. The van der Waals surface area contributed by atoms with Gasteiger partial charge >= 0.3 is 0 Å². The summed E-state index contributed by atoms with van der Waals surface area (Å²) in [5.74, 6) is 0.957. The molecule has 0 aliphatic carbocycles. The van der Waals surface area contributed by atoms with Crippen molar-refractivity contribution in [3.05, 3.63) is 29.8 Å². The molecular formula is C13H20ClNO2. The van der Waals surface area contributed by atoms with Crippen LogP contribution in [0.3, 0.4) is 0 Å². The molecule has 0 saturated carbocycles. The second-order valence-corrected chi connectivity index (χ2v) is 4.12. The van der Waals surface area contributed by atoms with Crippen LogP contribution in [0, 0.1) is 6.92 Å². The first-order valence-electron chi connectivity index (χ1n) is 5.84. The Morgan fingerprint density at radius 3 is 2.47 bits per heavy atom. The summed E-state index contributed by atoms with van der Waals surface area (Å²) in [6.07, 6.45) is 0. The normalized spacial score (nSPS) is 16.3. The fourth-order valence-corrected chi connectivity index (χ4v) is 1.75. The van der Waals surface area contributed by atoms with Gasteiger partial charge in [-0.2, -0.15) is 0 Å². The fraction of sp³-hybridized carbons (Fsp3) is 0.538. The molecule has 0 unspecified atom stereocenters. The van der Waals surface area contributed by atoms with Crippen LogP contribution in [-0.2, 0) is 4.74 Å². The summed E-state index contributed by atoms with van der Waals surface area (Å²) < 4.78 is 11.0. The molecule has 0 bridgehead atoms. The van der Waals surface area contributed by atoms with Gasteiger partial charge in [0.2, 0.25) is 0 Å². The van der Waals surface area contributed by atoms with Crippen LogP contribution in [0.4, 0.5) is 0 Å². The van der Waals surface area contributed by atoms with Crippen molar-refractivity contribution in [1.29, 1.82) is 0 Å². The standard InChI is InChI=1S/C13H19NO2.ClH/c1-12-2-4-13(5-3-12)16-11-8-14-6-9-15-10-7-14;/h2-5H,6-11H2,1H3;1H. The van der Waals surface area contributed by atoms with Crippen molar-refractivity contribution in [1.82, 2.24) is 4.90 Å². The second kappa shape index (κ2) is 7.54. The molecule has 0 spiro atoms. The highest BCUT2D eigenvalue weighted by Gasteiger charge is 2.09. The molecular weight excluding hydrogens is 238 g/mol. The van der Waals surface area contributed by atoms with Gasteiger partial charge in [0.15, 0.2) is 0 Å². The third kappa shape index (κ3) is 4.94. The third-order valence-electron chi connectivity index (χ3n) is 2.80. The summed E-state index contributed by atoms with van der Waals surface area (Å²) in [6, 6.07) is 8.19. The van der Waals surface area contributed by atoms with Gasteiger partial charge in [-0.05, 0) is 19.1 Å². The Kier molecular flexibility index (Phi) is 6.34. The predicted octanol–water partition coefficient (Wildman–Crippen LogP) is 2.13. The highest BCUT2D eigenvalue weighted by atomic mass is 35.5. The molecule has 0 amide bonds. The van der Waals surface area contributed by atoms with Crippen LogP contribution in [0.15, 0.2) is 24.3 Å². The van der Waals surface area contributed by atoms with Crippen LogP contribution in [0.1, 0.15) is 5.56 Å². The predicted molar refractivity (Wildman–Crippen MR) is 71.2 cm³/mol. The average molecular weight is 258 g/mol. The third-order valence-corrected chi connectivity index (χ3v) is 2.80. The molecule has 3 nitrogen and oxygen atoms in total. The van der Waals surface area contributed by atoms with Crippen molar-refractivity contribution in [2.75, 3.05) is 39.5 Å². The highest BCUT2D eigenvalue weighted by molar-refractivity contribution is 5.85. The summed E-state index contributed by atoms with van der Waals surface area (Å²) in [6.45, 7) is 7.57. The molecule has 1 aromatic carbocycles. The molecule has 0 aromatic heterocycles. The maximum absolute atomic E-state index is 5.68. The van der Waals surface area contributed by atoms with E-state index in [9.17, 15) is 0 Å². The zero-order valence-electron chi connectivity index (χ0n) is 10.2. The molecule has 96 valence electrons. The quantitative estimate of drug-likeness (QED) is 0.825. The number of nitrogens with zero attached hydrogens (tertiary/aromatic N) is 1. The van der Waals surface area contributed by atoms with Crippen molar-refractivity contribution in [3.63, 3.8) is 0 Å². The number of benzene rings is 1. The smallest absolute Gasteiger partial charge is 0.119 e. The Morgan fingerprint density at radius 2 is 1.82 bits per heavy atom. The number of halogens is 1. The van der Waals surface area contributed by atoms with E-state index in [-0.39, 0.29) is 12.4 Å². The van der Waals surface area contributed by atoms with Gasteiger partial charge in [-0.1, -0.05) is 17.7 Å². The van der Waals surface area contributed by atoms with E-state index < -0.39 is 0 Å². The maximum atomic E-state index is 5.68. The Balaban J connectivity index is 0.00000144. The van der Waals surface area contributed by atoms with Gasteiger partial charge in [0.1, 0.15) is 12.4 Å². The van der Waals surface area contributed by atoms with Crippen LogP contribution in [-0.4, -0.2) is 44.4 Å². The Bertz CT molecular complexity index is 310. The monoisotopic (exact) mass is 257 g/mol. The lowest BCUT2D eigenvalue weighted by atomic mass is 10.2. The first kappa shape index (κ1) is 14.3. The van der Waals surface area contributed by atoms with Gasteiger partial charge in [-0.15, -0.1) is 12.4 Å². The van der Waals surface area contributed by atoms with E-state index >= 15 is 0 Å². The molecule has 1 aromatic rings. The number of morpholine rings is 1. The van der Waals surface area contributed by atoms with Crippen LogP contribution in [0.25, 0.3) is 0 Å². The van der Waals surface area contributed by atoms with Crippen molar-refractivity contribution in [2.24, 2.45) is 0 Å². The lowest BCUT2D eigenvalue weighted by Gasteiger charge is -2.26. The van der Waals surface area contributed by atoms with E-state index in [1.165, 1.54) is 5.56 Å². The molecule has 1 fully saturated rings. The van der Waals surface area contributed by atoms with Crippen LogP contribution >= 0.6 is 12.4 Å². The van der Waals surface area contributed by atoms with Gasteiger partial charge in [0, 0.05) is 19.6 Å². The SMILES string of the molecule is Cc1ccc(OCCN2CCOCC2)cc1.Cl. The van der Waals surface area contributed by atoms with Crippen molar-refractivity contribution < 1.29 is 9.47 Å². The molecule has 0 N–H and O–H groups in total. The molecule has 1 saturated heterocycles. The number of hydrogen-bond acceptors (Lipinski definition) is 3. The van der Waals surface area contributed by atoms with E-state index in [0.29, 0.717) is 0 Å². The molecule has 17 heavy (non-hydrogen) atoms. The van der Waals surface area contributed by atoms with E-state index in [1.54, 1.807) is 0 Å². The van der Waals surface area contributed by atoms with Crippen LogP contribution in [0.2, 0.25) is 0 Å². The maximum Gasteiger partial charge on any atom is 0.119 e. The first-order valence-corrected chi connectivity index (χ1v) is 5.84. The van der Waals surface area contributed by atoms with E-state index in [4.69, 9.17) is 9.47 Å². The fourth-order valence-electron chi connectivity index (χ4n) is 1.75. The zero-order chi connectivity index (χ0) is 11.2. The molecule has 0 radical (unpaired) electrons. The second-order valence-electron chi connectivity index (χ2n) is 4.12. The van der Waals surface area contributed by atoms with Crippen LogP contribution in [0.5, 0.6) is 5.75 Å². The number of ether oxygens (including phenoxy) is 2. The Morgan fingerprint density at radius 1 is 1.18 bits per heavy atom. The van der Waals surface area contributed by atoms with Gasteiger partial charge in [0.05, 0.1) is 13.2 Å². The summed E-state index contributed by atoms with van der Waals surface area (Å²) in [7, 11) is 0. The number of aryl methyl sites for hydroxylation is 1. The van der Waals surface area contributed by atoms with E-state index in [0.717, 1.165) is 45.2 Å². The van der Waals surface area contributed by atoms with E-state index in [2.05, 4.69) is 24.0 Å². The highest BCUT2D eigenvalue weighted by Crippen LogP contribution is 2.11. The van der Waals surface area contributed by atoms with Crippen LogP contribution < -0.4 is 4.74 Å². The zero-order valence-corrected chi connectivity index (χ0v) is 11.0. The minimum atomic E-state index is 0. The van der Waals surface area contributed by atoms with Gasteiger partial charge in [-0.25, -0.2) is 0 Å². The average Bonchev–Trinajstić information content (AvgIpc) is 2.33. The van der Waals surface area contributed by atoms with E-state index in [1.807, 2.05) is 12.1 Å². The number of rotatable bonds is 4.